The molecule has 1 amide bonds. The molecule has 11 nitrogen and oxygen atoms in total. The summed E-state index contributed by atoms with van der Waals surface area (Å²) >= 11 is 0. The van der Waals surface area contributed by atoms with Crippen LogP contribution in [0.3, 0.4) is 0 Å². The Morgan fingerprint density at radius 1 is 0.957 bits per heavy atom. The van der Waals surface area contributed by atoms with E-state index in [1.807, 2.05) is 60.7 Å². The number of non-ortho nitro benzene ring substituents is 1. The SMILES string of the molecule is C[C@H]1[C@@H](CN2CCN(c3ccc([N+](=O)[O-])cc3)CC2)O[C@@H](c2ccc(NC(=O)c3cccnc3)cc2)O[C@H]1c1ccc(CO)cc1. The molecule has 0 aliphatic carbocycles. The van der Waals surface area contributed by atoms with E-state index in [4.69, 9.17) is 9.47 Å². The first-order chi connectivity index (χ1) is 22.4. The highest BCUT2D eigenvalue weighted by atomic mass is 16.7. The number of carbonyl (C=O) groups is 1. The predicted octanol–water partition coefficient (Wildman–Crippen LogP) is 5.35. The van der Waals surface area contributed by atoms with Crippen LogP contribution in [0.2, 0.25) is 0 Å². The van der Waals surface area contributed by atoms with Gasteiger partial charge in [0.15, 0.2) is 6.29 Å². The lowest BCUT2D eigenvalue weighted by atomic mass is 9.90. The van der Waals surface area contributed by atoms with Crippen LogP contribution >= 0.6 is 0 Å². The number of hydrogen-bond acceptors (Lipinski definition) is 9. The third-order valence-corrected chi connectivity index (χ3v) is 8.72. The molecule has 2 aliphatic rings. The van der Waals surface area contributed by atoms with Crippen LogP contribution in [0.5, 0.6) is 0 Å². The number of nitro groups is 1. The van der Waals surface area contributed by atoms with E-state index in [1.54, 1.807) is 30.5 Å². The van der Waals surface area contributed by atoms with Crippen molar-refractivity contribution in [2.75, 3.05) is 42.9 Å². The largest absolute Gasteiger partial charge is 0.392 e. The molecule has 3 aromatic carbocycles. The van der Waals surface area contributed by atoms with E-state index in [2.05, 4.69) is 27.0 Å². The van der Waals surface area contributed by atoms with E-state index in [0.717, 1.165) is 55.1 Å². The van der Waals surface area contributed by atoms with Crippen LogP contribution in [0, 0.1) is 16.0 Å². The van der Waals surface area contributed by atoms with Gasteiger partial charge in [0.25, 0.3) is 11.6 Å². The van der Waals surface area contributed by atoms with Crippen molar-refractivity contribution in [2.24, 2.45) is 5.92 Å². The Labute approximate surface area is 267 Å². The molecule has 11 heteroatoms. The van der Waals surface area contributed by atoms with Gasteiger partial charge in [-0.25, -0.2) is 0 Å². The molecule has 1 aromatic heterocycles. The molecule has 2 aliphatic heterocycles. The van der Waals surface area contributed by atoms with Crippen molar-refractivity contribution in [1.82, 2.24) is 9.88 Å². The minimum atomic E-state index is -0.617. The quantitative estimate of drug-likeness (QED) is 0.187. The summed E-state index contributed by atoms with van der Waals surface area (Å²) in [6.07, 6.45) is 2.17. The molecule has 0 bridgehead atoms. The number of aromatic nitrogens is 1. The zero-order valence-corrected chi connectivity index (χ0v) is 25.6. The van der Waals surface area contributed by atoms with Crippen LogP contribution in [0.25, 0.3) is 0 Å². The van der Waals surface area contributed by atoms with Gasteiger partial charge in [-0.1, -0.05) is 43.3 Å². The molecule has 0 radical (unpaired) electrons. The van der Waals surface area contributed by atoms with Gasteiger partial charge in [0.05, 0.1) is 29.3 Å². The Morgan fingerprint density at radius 3 is 2.28 bits per heavy atom. The molecule has 238 valence electrons. The third-order valence-electron chi connectivity index (χ3n) is 8.72. The van der Waals surface area contributed by atoms with E-state index in [9.17, 15) is 20.0 Å². The number of aliphatic hydroxyl groups is 1. The minimum Gasteiger partial charge on any atom is -0.392 e. The highest BCUT2D eigenvalue weighted by Crippen LogP contribution is 2.42. The molecule has 4 atom stereocenters. The average Bonchev–Trinajstić information content (AvgIpc) is 3.10. The number of nitrogens with one attached hydrogen (secondary N) is 1. The van der Waals surface area contributed by atoms with Gasteiger partial charge in [-0.3, -0.25) is 24.8 Å². The summed E-state index contributed by atoms with van der Waals surface area (Å²) in [7, 11) is 0. The van der Waals surface area contributed by atoms with Crippen molar-refractivity contribution >= 4 is 23.0 Å². The minimum absolute atomic E-state index is 0.0226. The fourth-order valence-corrected chi connectivity index (χ4v) is 5.98. The zero-order valence-electron chi connectivity index (χ0n) is 25.6. The van der Waals surface area contributed by atoms with E-state index in [-0.39, 0.29) is 41.3 Å². The lowest BCUT2D eigenvalue weighted by Crippen LogP contribution is -2.51. The number of carbonyl (C=O) groups excluding carboxylic acids is 1. The standard InChI is InChI=1S/C35H37N5O6/c1-24-32(22-38-17-19-39(20-18-38)30-12-14-31(15-13-30)40(43)44)45-35(46-33(24)26-6-4-25(23-41)5-7-26)27-8-10-29(11-9-27)37-34(42)28-3-2-16-36-21-28/h2-16,21,24,32-33,35,41H,17-20,22-23H2,1H3,(H,37,42)/t24-,32+,33+,35+/m0/s1. The predicted molar refractivity (Wildman–Crippen MR) is 173 cm³/mol. The van der Waals surface area contributed by atoms with Crippen molar-refractivity contribution in [3.05, 3.63) is 130 Å². The summed E-state index contributed by atoms with van der Waals surface area (Å²) < 4.78 is 13.2. The highest BCUT2D eigenvalue weighted by Gasteiger charge is 2.39. The van der Waals surface area contributed by atoms with E-state index >= 15 is 0 Å². The summed E-state index contributed by atoms with van der Waals surface area (Å²) in [5, 5.41) is 23.5. The molecule has 2 saturated heterocycles. The van der Waals surface area contributed by atoms with Crippen molar-refractivity contribution in [1.29, 1.82) is 0 Å². The Morgan fingerprint density at radius 2 is 1.65 bits per heavy atom. The average molecular weight is 624 g/mol. The molecule has 0 unspecified atom stereocenters. The maximum atomic E-state index is 12.6. The number of aliphatic hydroxyl groups excluding tert-OH is 1. The lowest BCUT2D eigenvalue weighted by molar-refractivity contribution is -0.384. The number of pyridine rings is 1. The summed E-state index contributed by atoms with van der Waals surface area (Å²) in [6, 6.07) is 25.5. The van der Waals surface area contributed by atoms with Crippen molar-refractivity contribution in [3.8, 4) is 0 Å². The van der Waals surface area contributed by atoms with Gasteiger partial charge in [0.2, 0.25) is 0 Å². The summed E-state index contributed by atoms with van der Waals surface area (Å²) in [6.45, 7) is 6.11. The Balaban J connectivity index is 1.15. The molecule has 3 heterocycles. The maximum Gasteiger partial charge on any atom is 0.269 e. The normalized spacial score (nSPS) is 21.9. The summed E-state index contributed by atoms with van der Waals surface area (Å²) in [5.41, 5.74) is 4.90. The van der Waals surface area contributed by atoms with Gasteiger partial charge in [-0.05, 0) is 47.5 Å². The molecule has 6 rings (SSSR count). The van der Waals surface area contributed by atoms with Crippen LogP contribution in [0.15, 0.2) is 97.3 Å². The number of amides is 1. The number of ether oxygens (including phenoxy) is 2. The topological polar surface area (TPSA) is 130 Å². The van der Waals surface area contributed by atoms with E-state index < -0.39 is 6.29 Å². The third kappa shape index (κ3) is 7.24. The first kappa shape index (κ1) is 31.3. The van der Waals surface area contributed by atoms with Gasteiger partial charge in [0, 0.05) is 80.1 Å². The zero-order chi connectivity index (χ0) is 32.0. The molecule has 0 saturated carbocycles. The van der Waals surface area contributed by atoms with Gasteiger partial charge in [-0.2, -0.15) is 0 Å². The molecule has 46 heavy (non-hydrogen) atoms. The molecule has 2 fully saturated rings. The summed E-state index contributed by atoms with van der Waals surface area (Å²) in [4.78, 5) is 31.9. The molecule has 0 spiro atoms. The number of nitrogens with zero attached hydrogens (tertiary/aromatic N) is 4. The van der Waals surface area contributed by atoms with Gasteiger partial charge in [-0.15, -0.1) is 0 Å². The van der Waals surface area contributed by atoms with Crippen LogP contribution in [0.1, 0.15) is 46.4 Å². The van der Waals surface area contributed by atoms with Crippen LogP contribution in [0.4, 0.5) is 17.1 Å². The van der Waals surface area contributed by atoms with Crippen LogP contribution < -0.4 is 10.2 Å². The molecule has 4 aromatic rings. The molecule has 2 N–H and O–H groups in total. The van der Waals surface area contributed by atoms with Gasteiger partial charge < -0.3 is 24.8 Å². The van der Waals surface area contributed by atoms with Crippen molar-refractivity contribution in [3.63, 3.8) is 0 Å². The van der Waals surface area contributed by atoms with Gasteiger partial charge in [0.1, 0.15) is 0 Å². The fraction of sp³-hybridized carbons (Fsp3) is 0.314. The highest BCUT2D eigenvalue weighted by molar-refractivity contribution is 6.04. The first-order valence-electron chi connectivity index (χ1n) is 15.4. The Hall–Kier alpha value is -4.68. The second kappa shape index (κ2) is 14.2. The monoisotopic (exact) mass is 623 g/mol. The number of nitro benzene ring substituents is 1. The fourth-order valence-electron chi connectivity index (χ4n) is 5.98. The number of piperazine rings is 1. The van der Waals surface area contributed by atoms with Gasteiger partial charge >= 0.3 is 0 Å². The number of hydrogen-bond donors (Lipinski definition) is 2. The molecular formula is C35H37N5O6. The van der Waals surface area contributed by atoms with Crippen LogP contribution in [-0.4, -0.2) is 64.6 Å². The van der Waals surface area contributed by atoms with Crippen molar-refractivity contribution < 1.29 is 24.3 Å². The second-order valence-corrected chi connectivity index (χ2v) is 11.7. The van der Waals surface area contributed by atoms with E-state index in [0.29, 0.717) is 11.3 Å². The second-order valence-electron chi connectivity index (χ2n) is 11.7. The van der Waals surface area contributed by atoms with Crippen LogP contribution in [-0.2, 0) is 16.1 Å². The Bertz CT molecular complexity index is 1610. The lowest BCUT2D eigenvalue weighted by Gasteiger charge is -2.44. The van der Waals surface area contributed by atoms with E-state index in [1.165, 1.54) is 6.20 Å². The molecular weight excluding hydrogens is 586 g/mol. The summed E-state index contributed by atoms with van der Waals surface area (Å²) in [5.74, 6) is -0.193. The smallest absolute Gasteiger partial charge is 0.269 e. The maximum absolute atomic E-state index is 12.6. The number of rotatable bonds is 9. The first-order valence-corrected chi connectivity index (χ1v) is 15.4. The Kier molecular flexibility index (Phi) is 9.65. The number of anilines is 2. The van der Waals surface area contributed by atoms with Crippen molar-refractivity contribution in [2.45, 2.75) is 32.0 Å². The number of benzene rings is 3.